The summed E-state index contributed by atoms with van der Waals surface area (Å²) in [4.78, 5) is 0. The van der Waals surface area contributed by atoms with E-state index in [2.05, 4.69) is 22.0 Å². The van der Waals surface area contributed by atoms with Crippen LogP contribution in [0.3, 0.4) is 0 Å². The molecule has 0 heterocycles. The van der Waals surface area contributed by atoms with E-state index in [1.54, 1.807) is 61.7 Å². The van der Waals surface area contributed by atoms with Crippen LogP contribution in [0.25, 0.3) is 11.6 Å². The molecule has 0 aliphatic rings. The third kappa shape index (κ3) is 5.88. The van der Waals surface area contributed by atoms with Crippen LogP contribution in [0.1, 0.15) is 16.7 Å². The first kappa shape index (κ1) is 23.8. The van der Waals surface area contributed by atoms with E-state index in [0.717, 1.165) is 11.1 Å². The quantitative estimate of drug-likeness (QED) is 0.225. The molecule has 0 N–H and O–H groups in total. The highest BCUT2D eigenvalue weighted by Gasteiger charge is 2.13. The lowest BCUT2D eigenvalue weighted by Gasteiger charge is -2.14. The minimum absolute atomic E-state index is 0.234. The Balaban J connectivity index is 1.92. The van der Waals surface area contributed by atoms with Gasteiger partial charge in [-0.15, -0.1) is 0 Å². The highest BCUT2D eigenvalue weighted by atomic mass is 79.9. The maximum Gasteiger partial charge on any atom is 0.162 e. The summed E-state index contributed by atoms with van der Waals surface area (Å²) in [6, 6.07) is 15.9. The molecule has 0 saturated heterocycles. The number of hydrogen-bond donors (Lipinski definition) is 0. The fourth-order valence-electron chi connectivity index (χ4n) is 2.76. The summed E-state index contributed by atoms with van der Waals surface area (Å²) in [5.41, 5.74) is 2.47. The zero-order valence-corrected chi connectivity index (χ0v) is 20.7. The third-order valence-electron chi connectivity index (χ3n) is 4.32. The van der Waals surface area contributed by atoms with E-state index >= 15 is 0 Å². The van der Waals surface area contributed by atoms with E-state index in [0.29, 0.717) is 47.2 Å². The first-order valence-corrected chi connectivity index (χ1v) is 11.1. The summed E-state index contributed by atoms with van der Waals surface area (Å²) in [5, 5.41) is 11.6. The molecule has 31 heavy (non-hydrogen) atoms. The fraction of sp³-hybridized carbons (Fsp3) is 0.0870. The van der Waals surface area contributed by atoms with E-state index in [1.807, 2.05) is 0 Å². The lowest BCUT2D eigenvalue weighted by molar-refractivity contribution is 0.284. The van der Waals surface area contributed by atoms with Crippen molar-refractivity contribution >= 4 is 74.0 Å². The molecule has 0 aliphatic heterocycles. The van der Waals surface area contributed by atoms with Crippen molar-refractivity contribution < 1.29 is 9.47 Å². The van der Waals surface area contributed by atoms with Gasteiger partial charge >= 0.3 is 0 Å². The monoisotopic (exact) mass is 555 g/mol. The molecule has 0 radical (unpaired) electrons. The van der Waals surface area contributed by atoms with Gasteiger partial charge in [0.15, 0.2) is 11.5 Å². The minimum atomic E-state index is 0.234. The van der Waals surface area contributed by atoms with Crippen molar-refractivity contribution in [3.8, 4) is 17.6 Å². The van der Waals surface area contributed by atoms with Crippen molar-refractivity contribution in [2.24, 2.45) is 0 Å². The largest absolute Gasteiger partial charge is 0.493 e. The van der Waals surface area contributed by atoms with E-state index in [-0.39, 0.29) is 6.61 Å². The van der Waals surface area contributed by atoms with Gasteiger partial charge in [-0.3, -0.25) is 0 Å². The zero-order chi connectivity index (χ0) is 22.5. The molecular formula is C23H14BrCl4NO2. The second kappa shape index (κ2) is 10.6. The Labute approximate surface area is 208 Å². The average Bonchev–Trinajstić information content (AvgIpc) is 2.73. The van der Waals surface area contributed by atoms with Gasteiger partial charge in [0.2, 0.25) is 0 Å². The highest BCUT2D eigenvalue weighted by molar-refractivity contribution is 9.10. The number of halogens is 5. The number of methoxy groups -OCH3 is 1. The van der Waals surface area contributed by atoms with Gasteiger partial charge in [-0.25, -0.2) is 0 Å². The Morgan fingerprint density at radius 1 is 0.968 bits per heavy atom. The predicted molar refractivity (Wildman–Crippen MR) is 131 cm³/mol. The van der Waals surface area contributed by atoms with Crippen molar-refractivity contribution in [2.45, 2.75) is 6.61 Å². The van der Waals surface area contributed by atoms with E-state index in [4.69, 9.17) is 55.9 Å². The molecule has 3 aromatic carbocycles. The number of nitrogens with zero attached hydrogens (tertiary/aromatic N) is 1. The van der Waals surface area contributed by atoms with Gasteiger partial charge in [0.05, 0.1) is 23.8 Å². The third-order valence-corrected chi connectivity index (χ3v) is 6.14. The highest BCUT2D eigenvalue weighted by Crippen LogP contribution is 2.37. The summed E-state index contributed by atoms with van der Waals surface area (Å²) in [5.74, 6) is 1.01. The molecule has 0 bridgehead atoms. The predicted octanol–water partition coefficient (Wildman–Crippen LogP) is 8.71. The van der Waals surface area contributed by atoms with Crippen molar-refractivity contribution in [2.75, 3.05) is 7.11 Å². The number of ether oxygens (including phenoxy) is 2. The van der Waals surface area contributed by atoms with Gasteiger partial charge in [0.1, 0.15) is 6.61 Å². The lowest BCUT2D eigenvalue weighted by Crippen LogP contribution is -1.99. The summed E-state index contributed by atoms with van der Waals surface area (Å²) >= 11 is 27.9. The van der Waals surface area contributed by atoms with Crippen LogP contribution in [-0.2, 0) is 6.61 Å². The molecule has 0 saturated carbocycles. The van der Waals surface area contributed by atoms with E-state index in [9.17, 15) is 5.26 Å². The van der Waals surface area contributed by atoms with Crippen molar-refractivity contribution in [3.63, 3.8) is 0 Å². The number of allylic oxidation sites excluding steroid dienone is 1. The molecular weight excluding hydrogens is 544 g/mol. The van der Waals surface area contributed by atoms with Gasteiger partial charge < -0.3 is 9.47 Å². The Bertz CT molecular complexity index is 1200. The molecule has 0 fully saturated rings. The molecule has 0 aromatic heterocycles. The van der Waals surface area contributed by atoms with Crippen LogP contribution in [0, 0.1) is 11.3 Å². The molecule has 3 aromatic rings. The Morgan fingerprint density at radius 2 is 1.65 bits per heavy atom. The van der Waals surface area contributed by atoms with Crippen LogP contribution < -0.4 is 9.47 Å². The van der Waals surface area contributed by atoms with Gasteiger partial charge in [0, 0.05) is 30.7 Å². The van der Waals surface area contributed by atoms with Crippen LogP contribution >= 0.6 is 62.3 Å². The molecule has 3 nitrogen and oxygen atoms in total. The smallest absolute Gasteiger partial charge is 0.162 e. The normalized spacial score (nSPS) is 11.2. The number of hydrogen-bond acceptors (Lipinski definition) is 3. The van der Waals surface area contributed by atoms with Crippen molar-refractivity contribution in [3.05, 3.63) is 89.8 Å². The van der Waals surface area contributed by atoms with E-state index < -0.39 is 0 Å². The molecule has 0 aliphatic carbocycles. The van der Waals surface area contributed by atoms with Crippen LogP contribution in [0.5, 0.6) is 11.5 Å². The van der Waals surface area contributed by atoms with Crippen LogP contribution in [0.2, 0.25) is 20.1 Å². The maximum absolute atomic E-state index is 9.66. The summed E-state index contributed by atoms with van der Waals surface area (Å²) < 4.78 is 12.1. The van der Waals surface area contributed by atoms with Crippen molar-refractivity contribution in [1.82, 2.24) is 0 Å². The second-order valence-electron chi connectivity index (χ2n) is 6.34. The zero-order valence-electron chi connectivity index (χ0n) is 16.1. The molecule has 158 valence electrons. The van der Waals surface area contributed by atoms with Crippen LogP contribution in [0.4, 0.5) is 0 Å². The molecule has 0 atom stereocenters. The Hall–Kier alpha value is -1.87. The Morgan fingerprint density at radius 3 is 2.26 bits per heavy atom. The molecule has 0 amide bonds. The summed E-state index contributed by atoms with van der Waals surface area (Å²) in [6.07, 6.45) is 1.71. The first-order chi connectivity index (χ1) is 14.8. The first-order valence-electron chi connectivity index (χ1n) is 8.84. The van der Waals surface area contributed by atoms with Gasteiger partial charge in [0.25, 0.3) is 0 Å². The van der Waals surface area contributed by atoms with E-state index in [1.165, 1.54) is 0 Å². The summed E-state index contributed by atoms with van der Waals surface area (Å²) in [7, 11) is 1.54. The van der Waals surface area contributed by atoms with Gasteiger partial charge in [-0.1, -0.05) is 74.5 Å². The standard InChI is InChI=1S/C23H14BrCl4NO2/c1-30-22-7-14(6-15(11-29)18-5-4-17(26)9-21(18)28)19(24)10-23(22)31-12-13-2-3-16(25)8-20(13)27/h2-10H,12H2,1H3. The van der Waals surface area contributed by atoms with Crippen molar-refractivity contribution in [1.29, 1.82) is 5.26 Å². The molecule has 8 heteroatoms. The Kier molecular flexibility index (Phi) is 8.16. The number of nitriles is 1. The van der Waals surface area contributed by atoms with Crippen LogP contribution in [-0.4, -0.2) is 7.11 Å². The fourth-order valence-corrected chi connectivity index (χ4v) is 4.17. The van der Waals surface area contributed by atoms with Gasteiger partial charge in [-0.05, 0) is 48.0 Å². The van der Waals surface area contributed by atoms with Crippen LogP contribution in [0.15, 0.2) is 53.0 Å². The summed E-state index contributed by atoms with van der Waals surface area (Å²) in [6.45, 7) is 0.234. The molecule has 0 unspecified atom stereocenters. The lowest BCUT2D eigenvalue weighted by atomic mass is 10.0. The number of benzene rings is 3. The molecule has 3 rings (SSSR count). The van der Waals surface area contributed by atoms with Gasteiger partial charge in [-0.2, -0.15) is 5.26 Å². The maximum atomic E-state index is 9.66. The number of rotatable bonds is 6. The minimum Gasteiger partial charge on any atom is -0.493 e. The average molecular weight is 558 g/mol. The molecule has 0 spiro atoms. The topological polar surface area (TPSA) is 42.2 Å². The SMILES string of the molecule is COc1cc(C=C(C#N)c2ccc(Cl)cc2Cl)c(Br)cc1OCc1ccc(Cl)cc1Cl. The second-order valence-corrected chi connectivity index (χ2v) is 8.88.